The van der Waals surface area contributed by atoms with E-state index in [1.165, 1.54) is 17.5 Å². The van der Waals surface area contributed by atoms with Crippen molar-refractivity contribution in [1.29, 1.82) is 0 Å². The fraction of sp³-hybridized carbons (Fsp3) is 0.188. The van der Waals surface area contributed by atoms with Gasteiger partial charge in [0.2, 0.25) is 10.0 Å². The molecule has 7 heteroatoms. The smallest absolute Gasteiger partial charge is 0.243 e. The Morgan fingerprint density at radius 3 is 2.52 bits per heavy atom. The van der Waals surface area contributed by atoms with Crippen LogP contribution in [0.3, 0.4) is 0 Å². The fourth-order valence-corrected chi connectivity index (χ4v) is 3.81. The molecule has 0 aliphatic carbocycles. The van der Waals surface area contributed by atoms with Gasteiger partial charge >= 0.3 is 0 Å². The van der Waals surface area contributed by atoms with E-state index in [1.807, 2.05) is 30.3 Å². The third-order valence-electron chi connectivity index (χ3n) is 3.81. The number of halogens is 1. The molecule has 0 radical (unpaired) electrons. The number of aromatic nitrogens is 2. The summed E-state index contributed by atoms with van der Waals surface area (Å²) in [7, 11) is -0.337. The zero-order valence-electron chi connectivity index (χ0n) is 12.8. The van der Waals surface area contributed by atoms with Crippen molar-refractivity contribution in [2.45, 2.75) is 11.4 Å². The van der Waals surface area contributed by atoms with Crippen molar-refractivity contribution in [2.75, 3.05) is 7.05 Å². The topological polar surface area (TPSA) is 55.2 Å². The van der Waals surface area contributed by atoms with E-state index in [4.69, 9.17) is 11.6 Å². The summed E-state index contributed by atoms with van der Waals surface area (Å²) >= 11 is 6.06. The van der Waals surface area contributed by atoms with E-state index in [0.717, 1.165) is 10.8 Å². The van der Waals surface area contributed by atoms with Crippen LogP contribution in [0.15, 0.2) is 53.6 Å². The van der Waals surface area contributed by atoms with Gasteiger partial charge in [-0.15, -0.1) is 0 Å². The molecule has 0 aliphatic rings. The normalized spacial score (nSPS) is 12.2. The van der Waals surface area contributed by atoms with Gasteiger partial charge in [0.05, 0.1) is 28.4 Å². The van der Waals surface area contributed by atoms with Crippen LogP contribution in [0.2, 0.25) is 5.02 Å². The van der Waals surface area contributed by atoms with E-state index in [9.17, 15) is 8.42 Å². The van der Waals surface area contributed by atoms with Crippen LogP contribution < -0.4 is 0 Å². The molecular weight excluding hydrogens is 334 g/mol. The molecule has 0 unspecified atom stereocenters. The van der Waals surface area contributed by atoms with Gasteiger partial charge in [-0.05, 0) is 22.9 Å². The largest absolute Gasteiger partial charge is 0.270 e. The third-order valence-corrected chi connectivity index (χ3v) is 5.93. The second-order valence-corrected chi connectivity index (χ2v) is 7.78. The fourth-order valence-electron chi connectivity index (χ4n) is 2.42. The van der Waals surface area contributed by atoms with E-state index in [1.54, 1.807) is 23.9 Å². The quantitative estimate of drug-likeness (QED) is 0.727. The van der Waals surface area contributed by atoms with Crippen LogP contribution in [0.25, 0.3) is 10.8 Å². The minimum absolute atomic E-state index is 0.157. The maximum atomic E-state index is 12.8. The van der Waals surface area contributed by atoms with Gasteiger partial charge in [0.1, 0.15) is 0 Å². The lowest BCUT2D eigenvalue weighted by Gasteiger charge is -2.18. The molecule has 0 aliphatic heterocycles. The SMILES string of the molecule is CN(Cc1c(Cl)cnn1C)S(=O)(=O)c1ccc2ccccc2c1. The molecule has 2 aromatic carbocycles. The number of aryl methyl sites for hydroxylation is 1. The van der Waals surface area contributed by atoms with Crippen LogP contribution in [0, 0.1) is 0 Å². The van der Waals surface area contributed by atoms with Crippen molar-refractivity contribution in [3.05, 3.63) is 59.4 Å². The molecule has 3 aromatic rings. The van der Waals surface area contributed by atoms with Gasteiger partial charge < -0.3 is 0 Å². The molecule has 1 heterocycles. The van der Waals surface area contributed by atoms with Gasteiger partial charge in [-0.2, -0.15) is 9.40 Å². The highest BCUT2D eigenvalue weighted by atomic mass is 35.5. The van der Waals surface area contributed by atoms with Crippen LogP contribution in [0.5, 0.6) is 0 Å². The maximum absolute atomic E-state index is 12.8. The molecule has 0 atom stereocenters. The number of sulfonamides is 1. The first kappa shape index (κ1) is 16.0. The van der Waals surface area contributed by atoms with Crippen LogP contribution in [0.4, 0.5) is 0 Å². The molecule has 0 saturated carbocycles. The standard InChI is InChI=1S/C16H16ClN3O2S/c1-19(11-16-15(17)10-18-20(16)2)23(21,22)14-8-7-12-5-3-4-6-13(12)9-14/h3-10H,11H2,1-2H3. The average molecular weight is 350 g/mol. The monoisotopic (exact) mass is 349 g/mol. The molecule has 5 nitrogen and oxygen atoms in total. The number of fused-ring (bicyclic) bond motifs is 1. The number of hydrogen-bond acceptors (Lipinski definition) is 3. The van der Waals surface area contributed by atoms with E-state index >= 15 is 0 Å². The lowest BCUT2D eigenvalue weighted by molar-refractivity contribution is 0.453. The summed E-state index contributed by atoms with van der Waals surface area (Å²) in [4.78, 5) is 0.261. The summed E-state index contributed by atoms with van der Waals surface area (Å²) in [5.41, 5.74) is 0.651. The van der Waals surface area contributed by atoms with Gasteiger partial charge in [-0.3, -0.25) is 4.68 Å². The lowest BCUT2D eigenvalue weighted by Crippen LogP contribution is -2.27. The maximum Gasteiger partial charge on any atom is 0.243 e. The Morgan fingerprint density at radius 2 is 1.87 bits per heavy atom. The summed E-state index contributed by atoms with van der Waals surface area (Å²) in [6, 6.07) is 12.8. The highest BCUT2D eigenvalue weighted by Gasteiger charge is 2.23. The first-order valence-corrected chi connectivity index (χ1v) is 8.83. The Kier molecular flexibility index (Phi) is 4.14. The molecule has 0 amide bonds. The molecule has 0 bridgehead atoms. The molecular formula is C16H16ClN3O2S. The Labute approximate surface area is 140 Å². The second kappa shape index (κ2) is 5.96. The Bertz CT molecular complexity index is 947. The van der Waals surface area contributed by atoms with E-state index < -0.39 is 10.0 Å². The van der Waals surface area contributed by atoms with E-state index in [-0.39, 0.29) is 11.4 Å². The summed E-state index contributed by atoms with van der Waals surface area (Å²) in [6.07, 6.45) is 1.51. The van der Waals surface area contributed by atoms with E-state index in [0.29, 0.717) is 10.7 Å². The van der Waals surface area contributed by atoms with Crippen molar-refractivity contribution in [3.63, 3.8) is 0 Å². The van der Waals surface area contributed by atoms with Crippen molar-refractivity contribution in [1.82, 2.24) is 14.1 Å². The molecule has 0 spiro atoms. The van der Waals surface area contributed by atoms with Crippen molar-refractivity contribution >= 4 is 32.4 Å². The summed E-state index contributed by atoms with van der Waals surface area (Å²) < 4.78 is 28.4. The number of nitrogens with zero attached hydrogens (tertiary/aromatic N) is 3. The zero-order valence-corrected chi connectivity index (χ0v) is 14.3. The highest BCUT2D eigenvalue weighted by Crippen LogP contribution is 2.23. The number of benzene rings is 2. The third kappa shape index (κ3) is 2.97. The molecule has 120 valence electrons. The lowest BCUT2D eigenvalue weighted by atomic mass is 10.1. The van der Waals surface area contributed by atoms with Crippen molar-refractivity contribution < 1.29 is 8.42 Å². The van der Waals surface area contributed by atoms with Crippen LogP contribution in [0.1, 0.15) is 5.69 Å². The van der Waals surface area contributed by atoms with Crippen LogP contribution >= 0.6 is 11.6 Å². The van der Waals surface area contributed by atoms with Gasteiger partial charge in [0.15, 0.2) is 0 Å². The molecule has 1 aromatic heterocycles. The van der Waals surface area contributed by atoms with E-state index in [2.05, 4.69) is 5.10 Å². The van der Waals surface area contributed by atoms with Gasteiger partial charge in [0.25, 0.3) is 0 Å². The van der Waals surface area contributed by atoms with Crippen molar-refractivity contribution in [2.24, 2.45) is 7.05 Å². The zero-order chi connectivity index (χ0) is 16.6. The first-order chi connectivity index (χ1) is 10.9. The number of hydrogen-bond donors (Lipinski definition) is 0. The van der Waals surface area contributed by atoms with Crippen LogP contribution in [-0.2, 0) is 23.6 Å². The predicted octanol–water partition coefficient (Wildman–Crippen LogP) is 3.05. The molecule has 0 saturated heterocycles. The first-order valence-electron chi connectivity index (χ1n) is 7.01. The Morgan fingerprint density at radius 1 is 1.17 bits per heavy atom. The summed E-state index contributed by atoms with van der Waals surface area (Å²) in [6.45, 7) is 0.157. The molecule has 23 heavy (non-hydrogen) atoms. The second-order valence-electron chi connectivity index (χ2n) is 5.33. The van der Waals surface area contributed by atoms with Gasteiger partial charge in [0, 0.05) is 14.1 Å². The minimum Gasteiger partial charge on any atom is -0.270 e. The van der Waals surface area contributed by atoms with Gasteiger partial charge in [-0.25, -0.2) is 8.42 Å². The average Bonchev–Trinajstić information content (AvgIpc) is 2.86. The molecule has 0 fully saturated rings. The molecule has 0 N–H and O–H groups in total. The summed E-state index contributed by atoms with van der Waals surface area (Å²) in [5.74, 6) is 0. The minimum atomic E-state index is -3.61. The van der Waals surface area contributed by atoms with Crippen LogP contribution in [-0.4, -0.2) is 29.6 Å². The Hall–Kier alpha value is -1.89. The highest BCUT2D eigenvalue weighted by molar-refractivity contribution is 7.89. The van der Waals surface area contributed by atoms with Gasteiger partial charge in [-0.1, -0.05) is 41.9 Å². The summed E-state index contributed by atoms with van der Waals surface area (Å²) in [5, 5.41) is 6.37. The Balaban J connectivity index is 1.96. The predicted molar refractivity (Wildman–Crippen MR) is 90.8 cm³/mol. The molecule has 3 rings (SSSR count). The van der Waals surface area contributed by atoms with Crippen molar-refractivity contribution in [3.8, 4) is 0 Å². The number of rotatable bonds is 4.